The number of para-hydroxylation sites is 1. The van der Waals surface area contributed by atoms with Gasteiger partial charge in [-0.25, -0.2) is 9.97 Å². The zero-order chi connectivity index (χ0) is 12.3. The van der Waals surface area contributed by atoms with Gasteiger partial charge in [0.25, 0.3) is 11.8 Å². The van der Waals surface area contributed by atoms with Gasteiger partial charge in [0.15, 0.2) is 0 Å². The van der Waals surface area contributed by atoms with E-state index in [4.69, 9.17) is 9.47 Å². The third-order valence-corrected chi connectivity index (χ3v) is 2.86. The van der Waals surface area contributed by atoms with Crippen molar-refractivity contribution in [3.63, 3.8) is 0 Å². The standard InChI is InChI=1S/C12H13BrN2O2/c1-16-11-12(17-2)15-10-8(6-7-13)4-3-5-9(10)14-11/h3-5H,6-7H2,1-2H3. The van der Waals surface area contributed by atoms with Gasteiger partial charge in [0, 0.05) is 5.33 Å². The number of aryl methyl sites for hydroxylation is 1. The van der Waals surface area contributed by atoms with E-state index in [0.29, 0.717) is 11.8 Å². The van der Waals surface area contributed by atoms with Gasteiger partial charge in [-0.1, -0.05) is 28.1 Å². The van der Waals surface area contributed by atoms with Crippen LogP contribution in [0.25, 0.3) is 11.0 Å². The molecule has 1 aromatic heterocycles. The van der Waals surface area contributed by atoms with Crippen LogP contribution in [0.3, 0.4) is 0 Å². The molecule has 4 nitrogen and oxygen atoms in total. The second-order valence-corrected chi connectivity index (χ2v) is 4.26. The number of benzene rings is 1. The van der Waals surface area contributed by atoms with Crippen molar-refractivity contribution >= 4 is 27.0 Å². The highest BCUT2D eigenvalue weighted by atomic mass is 79.9. The van der Waals surface area contributed by atoms with Gasteiger partial charge in [-0.2, -0.15) is 0 Å². The molecule has 5 heteroatoms. The maximum absolute atomic E-state index is 5.17. The monoisotopic (exact) mass is 296 g/mol. The van der Waals surface area contributed by atoms with Crippen molar-refractivity contribution in [3.05, 3.63) is 23.8 Å². The molecule has 0 saturated heterocycles. The molecule has 0 radical (unpaired) electrons. The van der Waals surface area contributed by atoms with Gasteiger partial charge in [0.2, 0.25) is 0 Å². The second kappa shape index (κ2) is 5.31. The highest BCUT2D eigenvalue weighted by molar-refractivity contribution is 9.09. The van der Waals surface area contributed by atoms with Crippen molar-refractivity contribution < 1.29 is 9.47 Å². The summed E-state index contributed by atoms with van der Waals surface area (Å²) in [6, 6.07) is 5.94. The first kappa shape index (κ1) is 12.1. The quantitative estimate of drug-likeness (QED) is 0.814. The Morgan fingerprint density at radius 3 is 2.47 bits per heavy atom. The fourth-order valence-electron chi connectivity index (χ4n) is 1.67. The van der Waals surface area contributed by atoms with Crippen LogP contribution in [0.15, 0.2) is 18.2 Å². The number of ether oxygens (including phenoxy) is 2. The van der Waals surface area contributed by atoms with E-state index in [9.17, 15) is 0 Å². The molecule has 0 aliphatic rings. The van der Waals surface area contributed by atoms with Crippen molar-refractivity contribution in [2.45, 2.75) is 6.42 Å². The molecule has 0 aliphatic carbocycles. The average Bonchev–Trinajstić information content (AvgIpc) is 2.38. The third-order valence-electron chi connectivity index (χ3n) is 2.47. The van der Waals surface area contributed by atoms with Crippen LogP contribution in [-0.4, -0.2) is 29.5 Å². The van der Waals surface area contributed by atoms with Crippen molar-refractivity contribution in [2.75, 3.05) is 19.5 Å². The first-order chi connectivity index (χ1) is 8.30. The summed E-state index contributed by atoms with van der Waals surface area (Å²) in [5.74, 6) is 0.831. The number of nitrogens with zero attached hydrogens (tertiary/aromatic N) is 2. The zero-order valence-electron chi connectivity index (χ0n) is 9.74. The normalized spacial score (nSPS) is 10.5. The minimum absolute atomic E-state index is 0.413. The predicted octanol–water partition coefficient (Wildman–Crippen LogP) is 2.58. The first-order valence-electron chi connectivity index (χ1n) is 5.23. The Balaban J connectivity index is 2.64. The van der Waals surface area contributed by atoms with E-state index in [1.165, 1.54) is 0 Å². The summed E-state index contributed by atoms with van der Waals surface area (Å²) in [5.41, 5.74) is 2.83. The average molecular weight is 297 g/mol. The van der Waals surface area contributed by atoms with Crippen LogP contribution in [0, 0.1) is 0 Å². The maximum Gasteiger partial charge on any atom is 0.278 e. The number of hydrogen-bond acceptors (Lipinski definition) is 4. The van der Waals surface area contributed by atoms with Crippen LogP contribution in [0.1, 0.15) is 5.56 Å². The number of methoxy groups -OCH3 is 2. The van der Waals surface area contributed by atoms with Gasteiger partial charge in [-0.3, -0.25) is 0 Å². The lowest BCUT2D eigenvalue weighted by Crippen LogP contribution is -1.99. The molecule has 17 heavy (non-hydrogen) atoms. The number of alkyl halides is 1. The SMILES string of the molecule is COc1nc2cccc(CCBr)c2nc1OC. The van der Waals surface area contributed by atoms with Crippen molar-refractivity contribution in [3.8, 4) is 11.8 Å². The van der Waals surface area contributed by atoms with Gasteiger partial charge in [-0.15, -0.1) is 0 Å². The number of fused-ring (bicyclic) bond motifs is 1. The molecule has 0 saturated carbocycles. The van der Waals surface area contributed by atoms with Crippen LogP contribution in [0.2, 0.25) is 0 Å². The number of hydrogen-bond donors (Lipinski definition) is 0. The Morgan fingerprint density at radius 2 is 1.82 bits per heavy atom. The van der Waals surface area contributed by atoms with Gasteiger partial charge in [-0.05, 0) is 18.1 Å². The molecule has 2 aromatic rings. The summed E-state index contributed by atoms with van der Waals surface area (Å²) >= 11 is 3.43. The fraction of sp³-hybridized carbons (Fsp3) is 0.333. The Kier molecular flexibility index (Phi) is 3.78. The van der Waals surface area contributed by atoms with Crippen LogP contribution in [-0.2, 0) is 6.42 Å². The number of halogens is 1. The summed E-state index contributed by atoms with van der Waals surface area (Å²) in [6.07, 6.45) is 0.904. The molecule has 1 heterocycles. The molecule has 2 rings (SSSR count). The van der Waals surface area contributed by atoms with E-state index in [1.54, 1.807) is 14.2 Å². The van der Waals surface area contributed by atoms with Crippen molar-refractivity contribution in [1.82, 2.24) is 9.97 Å². The molecule has 0 spiro atoms. The molecule has 0 N–H and O–H groups in total. The molecule has 0 aliphatic heterocycles. The molecule has 0 bridgehead atoms. The van der Waals surface area contributed by atoms with E-state index >= 15 is 0 Å². The van der Waals surface area contributed by atoms with Gasteiger partial charge in [0.05, 0.1) is 25.3 Å². The second-order valence-electron chi connectivity index (χ2n) is 3.47. The summed E-state index contributed by atoms with van der Waals surface area (Å²) < 4.78 is 10.3. The third kappa shape index (κ3) is 2.34. The Morgan fingerprint density at radius 1 is 1.12 bits per heavy atom. The van der Waals surface area contributed by atoms with Crippen LogP contribution in [0.4, 0.5) is 0 Å². The van der Waals surface area contributed by atoms with Crippen LogP contribution in [0.5, 0.6) is 11.8 Å². The van der Waals surface area contributed by atoms with Crippen LogP contribution < -0.4 is 9.47 Å². The number of rotatable bonds is 4. The van der Waals surface area contributed by atoms with Crippen molar-refractivity contribution in [2.24, 2.45) is 0 Å². The van der Waals surface area contributed by atoms with Crippen LogP contribution >= 0.6 is 15.9 Å². The lowest BCUT2D eigenvalue weighted by atomic mass is 10.1. The molecule has 90 valence electrons. The minimum atomic E-state index is 0.413. The van der Waals surface area contributed by atoms with E-state index in [-0.39, 0.29) is 0 Å². The van der Waals surface area contributed by atoms with Crippen molar-refractivity contribution in [1.29, 1.82) is 0 Å². The van der Waals surface area contributed by atoms with E-state index < -0.39 is 0 Å². The van der Waals surface area contributed by atoms with Gasteiger partial charge < -0.3 is 9.47 Å². The largest absolute Gasteiger partial charge is 0.477 e. The Hall–Kier alpha value is -1.36. The summed E-state index contributed by atoms with van der Waals surface area (Å²) in [5, 5.41) is 0.891. The van der Waals surface area contributed by atoms with E-state index in [1.807, 2.05) is 18.2 Å². The predicted molar refractivity (Wildman–Crippen MR) is 70.1 cm³/mol. The highest BCUT2D eigenvalue weighted by Crippen LogP contribution is 2.26. The molecule has 0 amide bonds. The summed E-state index contributed by atoms with van der Waals surface area (Å²) in [6.45, 7) is 0. The molecule has 1 aromatic carbocycles. The Labute approximate surface area is 108 Å². The highest BCUT2D eigenvalue weighted by Gasteiger charge is 2.11. The topological polar surface area (TPSA) is 44.2 Å². The fourth-order valence-corrected chi connectivity index (χ4v) is 2.10. The van der Waals surface area contributed by atoms with E-state index in [0.717, 1.165) is 28.3 Å². The van der Waals surface area contributed by atoms with E-state index in [2.05, 4.69) is 25.9 Å². The molecular formula is C12H13BrN2O2. The summed E-state index contributed by atoms with van der Waals surface area (Å²) in [4.78, 5) is 8.83. The molecule has 0 unspecified atom stereocenters. The molecular weight excluding hydrogens is 284 g/mol. The maximum atomic E-state index is 5.17. The number of aromatic nitrogens is 2. The van der Waals surface area contributed by atoms with Gasteiger partial charge >= 0.3 is 0 Å². The molecule has 0 fully saturated rings. The van der Waals surface area contributed by atoms with Gasteiger partial charge in [0.1, 0.15) is 0 Å². The minimum Gasteiger partial charge on any atom is -0.477 e. The Bertz CT molecular complexity index is 531. The zero-order valence-corrected chi connectivity index (χ0v) is 11.3. The lowest BCUT2D eigenvalue weighted by molar-refractivity contribution is 0.334. The molecule has 0 atom stereocenters. The lowest BCUT2D eigenvalue weighted by Gasteiger charge is -2.09. The summed E-state index contributed by atoms with van der Waals surface area (Å²) in [7, 11) is 3.12. The smallest absolute Gasteiger partial charge is 0.278 e. The first-order valence-corrected chi connectivity index (χ1v) is 6.36.